The third kappa shape index (κ3) is 3.76. The summed E-state index contributed by atoms with van der Waals surface area (Å²) in [7, 11) is 4.62. The van der Waals surface area contributed by atoms with Crippen molar-refractivity contribution in [3.05, 3.63) is 53.7 Å². The molecule has 0 spiro atoms. The van der Waals surface area contributed by atoms with Gasteiger partial charge in [0.2, 0.25) is 0 Å². The van der Waals surface area contributed by atoms with Gasteiger partial charge >= 0.3 is 0 Å². The lowest BCUT2D eigenvalue weighted by atomic mass is 10.0. The summed E-state index contributed by atoms with van der Waals surface area (Å²) in [5.41, 5.74) is 1.57. The number of amides is 2. The minimum absolute atomic E-state index is 0.184. The largest absolute Gasteiger partial charge is 0.497 e. The van der Waals surface area contributed by atoms with Crippen molar-refractivity contribution in [1.29, 1.82) is 0 Å². The van der Waals surface area contributed by atoms with E-state index < -0.39 is 5.91 Å². The van der Waals surface area contributed by atoms with E-state index in [1.165, 1.54) is 12.0 Å². The number of hydrogen-bond acceptors (Lipinski definition) is 6. The average Bonchev–Trinajstić information content (AvgIpc) is 2.97. The monoisotopic (exact) mass is 396 g/mol. The first-order valence-corrected chi connectivity index (χ1v) is 9.16. The van der Waals surface area contributed by atoms with Crippen molar-refractivity contribution in [2.24, 2.45) is 0 Å². The smallest absolute Gasteiger partial charge is 0.278 e. The second-order valence-corrected chi connectivity index (χ2v) is 6.75. The molecule has 0 atom stereocenters. The molecule has 0 bridgehead atoms. The van der Waals surface area contributed by atoms with Gasteiger partial charge in [-0.2, -0.15) is 0 Å². The van der Waals surface area contributed by atoms with Crippen molar-refractivity contribution in [3.63, 3.8) is 0 Å². The molecule has 2 aromatic rings. The number of rotatable bonds is 7. The molecule has 0 unspecified atom stereocenters. The summed E-state index contributed by atoms with van der Waals surface area (Å²) in [6, 6.07) is 12.0. The van der Waals surface area contributed by atoms with E-state index in [0.717, 1.165) is 0 Å². The second kappa shape index (κ2) is 8.26. The fraction of sp³-hybridized carbons (Fsp3) is 0.273. The number of carbonyl (C=O) groups is 2. The third-order valence-electron chi connectivity index (χ3n) is 4.63. The first-order valence-electron chi connectivity index (χ1n) is 9.16. The lowest BCUT2D eigenvalue weighted by molar-refractivity contribution is -0.138. The summed E-state index contributed by atoms with van der Waals surface area (Å²) in [4.78, 5) is 27.5. The molecule has 0 fully saturated rings. The molecular weight excluding hydrogens is 372 g/mol. The van der Waals surface area contributed by atoms with Crippen molar-refractivity contribution in [3.8, 4) is 17.2 Å². The predicted octanol–water partition coefficient (Wildman–Crippen LogP) is 3.31. The van der Waals surface area contributed by atoms with Crippen molar-refractivity contribution >= 4 is 23.1 Å². The van der Waals surface area contributed by atoms with Crippen molar-refractivity contribution in [1.82, 2.24) is 4.90 Å². The maximum atomic E-state index is 13.2. The Morgan fingerprint density at radius 3 is 2.03 bits per heavy atom. The van der Waals surface area contributed by atoms with Crippen LogP contribution >= 0.6 is 0 Å². The number of nitrogens with zero attached hydrogens (tertiary/aromatic N) is 1. The predicted molar refractivity (Wildman–Crippen MR) is 110 cm³/mol. The average molecular weight is 396 g/mol. The van der Waals surface area contributed by atoms with Crippen LogP contribution in [0.1, 0.15) is 19.4 Å². The first-order chi connectivity index (χ1) is 13.9. The Labute approximate surface area is 169 Å². The Bertz CT molecular complexity index is 959. The molecule has 2 aromatic carbocycles. The van der Waals surface area contributed by atoms with Crippen molar-refractivity contribution in [2.75, 3.05) is 26.6 Å². The van der Waals surface area contributed by atoms with Gasteiger partial charge < -0.3 is 19.5 Å². The lowest BCUT2D eigenvalue weighted by Crippen LogP contribution is -2.38. The van der Waals surface area contributed by atoms with Crippen LogP contribution in [0.3, 0.4) is 0 Å². The first kappa shape index (κ1) is 20.3. The normalized spacial score (nSPS) is 13.9. The Morgan fingerprint density at radius 1 is 0.862 bits per heavy atom. The molecule has 7 heteroatoms. The van der Waals surface area contributed by atoms with Crippen LogP contribution in [0.4, 0.5) is 5.69 Å². The second-order valence-electron chi connectivity index (χ2n) is 6.75. The van der Waals surface area contributed by atoms with Crippen LogP contribution in [0, 0.1) is 0 Å². The minimum atomic E-state index is -0.396. The van der Waals surface area contributed by atoms with Crippen LogP contribution in [-0.4, -0.2) is 44.1 Å². The van der Waals surface area contributed by atoms with E-state index >= 15 is 0 Å². The fourth-order valence-corrected chi connectivity index (χ4v) is 3.26. The number of imide groups is 1. The highest BCUT2D eigenvalue weighted by molar-refractivity contribution is 6.37. The quantitative estimate of drug-likeness (QED) is 0.724. The Morgan fingerprint density at radius 2 is 1.48 bits per heavy atom. The van der Waals surface area contributed by atoms with E-state index in [2.05, 4.69) is 5.32 Å². The summed E-state index contributed by atoms with van der Waals surface area (Å²) in [5, 5.41) is 3.11. The minimum Gasteiger partial charge on any atom is -0.497 e. The van der Waals surface area contributed by atoms with E-state index in [4.69, 9.17) is 14.2 Å². The van der Waals surface area contributed by atoms with Gasteiger partial charge in [-0.1, -0.05) is 18.2 Å². The van der Waals surface area contributed by atoms with Gasteiger partial charge in [-0.3, -0.25) is 14.5 Å². The van der Waals surface area contributed by atoms with Gasteiger partial charge in [0.05, 0.1) is 26.9 Å². The maximum absolute atomic E-state index is 13.2. The highest BCUT2D eigenvalue weighted by Gasteiger charge is 2.41. The molecule has 7 nitrogen and oxygen atoms in total. The Balaban J connectivity index is 2.16. The standard InChI is InChI=1S/C22H24N2O5/c1-13(2)24-21(25)19(17-8-6-7-9-18(17)29-5)20(22(24)26)23-14-10-15(27-3)12-16(11-14)28-4/h6-13,23H,1-5H3. The number of methoxy groups -OCH3 is 3. The van der Waals surface area contributed by atoms with Gasteiger partial charge in [-0.05, 0) is 19.9 Å². The number of benzene rings is 2. The molecule has 1 aliphatic rings. The molecule has 1 heterocycles. The molecule has 152 valence electrons. The Kier molecular flexibility index (Phi) is 5.77. The number of ether oxygens (including phenoxy) is 3. The lowest BCUT2D eigenvalue weighted by Gasteiger charge is -2.19. The zero-order valence-corrected chi connectivity index (χ0v) is 17.1. The highest BCUT2D eigenvalue weighted by Crippen LogP contribution is 2.37. The van der Waals surface area contributed by atoms with Gasteiger partial charge in [-0.25, -0.2) is 0 Å². The Hall–Kier alpha value is -3.48. The molecule has 0 saturated heterocycles. The molecule has 1 N–H and O–H groups in total. The van der Waals surface area contributed by atoms with Crippen LogP contribution in [0.5, 0.6) is 17.2 Å². The SMILES string of the molecule is COc1cc(NC2=C(c3ccccc3OC)C(=O)N(C(C)C)C2=O)cc(OC)c1. The van der Waals surface area contributed by atoms with Crippen molar-refractivity contribution in [2.45, 2.75) is 19.9 Å². The molecule has 1 aliphatic heterocycles. The highest BCUT2D eigenvalue weighted by atomic mass is 16.5. The molecule has 2 amide bonds. The van der Waals surface area contributed by atoms with Crippen LogP contribution in [0.2, 0.25) is 0 Å². The number of anilines is 1. The number of para-hydroxylation sites is 1. The van der Waals surface area contributed by atoms with Crippen LogP contribution < -0.4 is 19.5 Å². The molecule has 3 rings (SSSR count). The van der Waals surface area contributed by atoms with Gasteiger partial charge in [0, 0.05) is 35.5 Å². The van der Waals surface area contributed by atoms with Crippen molar-refractivity contribution < 1.29 is 23.8 Å². The van der Waals surface area contributed by atoms with E-state index in [0.29, 0.717) is 28.5 Å². The molecule has 0 aromatic heterocycles. The van der Waals surface area contributed by atoms with E-state index in [9.17, 15) is 9.59 Å². The summed E-state index contributed by atoms with van der Waals surface area (Å²) in [6.07, 6.45) is 0. The van der Waals surface area contributed by atoms with Gasteiger partial charge in [0.15, 0.2) is 0 Å². The summed E-state index contributed by atoms with van der Waals surface area (Å²) >= 11 is 0. The van der Waals surface area contributed by atoms with E-state index in [1.807, 2.05) is 6.07 Å². The maximum Gasteiger partial charge on any atom is 0.278 e. The number of hydrogen-bond donors (Lipinski definition) is 1. The van der Waals surface area contributed by atoms with Crippen LogP contribution in [0.15, 0.2) is 48.2 Å². The summed E-state index contributed by atoms with van der Waals surface area (Å²) in [5.74, 6) is 0.865. The van der Waals surface area contributed by atoms with Crippen LogP contribution in [0.25, 0.3) is 5.57 Å². The fourth-order valence-electron chi connectivity index (χ4n) is 3.26. The zero-order chi connectivity index (χ0) is 21.1. The molecular formula is C22H24N2O5. The van der Waals surface area contributed by atoms with Gasteiger partial charge in [0.25, 0.3) is 11.8 Å². The summed E-state index contributed by atoms with van der Waals surface area (Å²) in [6.45, 7) is 3.60. The molecule has 29 heavy (non-hydrogen) atoms. The van der Waals surface area contributed by atoms with Gasteiger partial charge in [0.1, 0.15) is 22.9 Å². The van der Waals surface area contributed by atoms with E-state index in [1.54, 1.807) is 64.5 Å². The topological polar surface area (TPSA) is 77.1 Å². The zero-order valence-electron chi connectivity index (χ0n) is 17.1. The number of nitrogens with one attached hydrogen (secondary N) is 1. The molecule has 0 aliphatic carbocycles. The van der Waals surface area contributed by atoms with Crippen LogP contribution in [-0.2, 0) is 9.59 Å². The third-order valence-corrected chi connectivity index (χ3v) is 4.63. The van der Waals surface area contributed by atoms with Gasteiger partial charge in [-0.15, -0.1) is 0 Å². The molecule has 0 radical (unpaired) electrons. The number of carbonyl (C=O) groups excluding carboxylic acids is 2. The van der Waals surface area contributed by atoms with E-state index in [-0.39, 0.29) is 23.2 Å². The summed E-state index contributed by atoms with van der Waals surface area (Å²) < 4.78 is 16.0. The molecule has 0 saturated carbocycles.